The predicted molar refractivity (Wildman–Crippen MR) is 34.1 cm³/mol. The highest BCUT2D eigenvalue weighted by Gasteiger charge is 2.31. The number of nitrogens with zero attached hydrogens (tertiary/aromatic N) is 1. The average molecular weight is 179 g/mol. The summed E-state index contributed by atoms with van der Waals surface area (Å²) < 4.78 is 47.4. The third-order valence-electron chi connectivity index (χ3n) is 1.27. The lowest BCUT2D eigenvalue weighted by Crippen LogP contribution is -2.07. The van der Waals surface area contributed by atoms with Gasteiger partial charge >= 0.3 is 6.18 Å². The van der Waals surface area contributed by atoms with Crippen molar-refractivity contribution < 1.29 is 17.6 Å². The summed E-state index contributed by atoms with van der Waals surface area (Å²) in [7, 11) is 0. The summed E-state index contributed by atoms with van der Waals surface area (Å²) in [6.45, 7) is -0.800. The standard InChI is InChI=1S/C7H5F4N/c8-3-5-1-2-6(12-4-5)7(9,10)11/h1-2,4H,3H2. The maximum atomic E-state index is 11.9. The largest absolute Gasteiger partial charge is 0.433 e. The molecule has 0 spiro atoms. The normalized spacial score (nSPS) is 11.7. The fraction of sp³-hybridized carbons (Fsp3) is 0.286. The highest BCUT2D eigenvalue weighted by Crippen LogP contribution is 2.27. The summed E-state index contributed by atoms with van der Waals surface area (Å²) in [6, 6.07) is 1.82. The Kier molecular flexibility index (Phi) is 2.30. The van der Waals surface area contributed by atoms with E-state index in [4.69, 9.17) is 0 Å². The van der Waals surface area contributed by atoms with Gasteiger partial charge in [-0.15, -0.1) is 0 Å². The van der Waals surface area contributed by atoms with Gasteiger partial charge < -0.3 is 0 Å². The molecule has 0 saturated carbocycles. The first-order valence-corrected chi connectivity index (χ1v) is 3.12. The number of hydrogen-bond donors (Lipinski definition) is 0. The Balaban J connectivity index is 2.93. The molecule has 0 saturated heterocycles. The van der Waals surface area contributed by atoms with Crippen molar-refractivity contribution in [2.24, 2.45) is 0 Å². The zero-order chi connectivity index (χ0) is 9.19. The number of hydrogen-bond acceptors (Lipinski definition) is 1. The molecule has 1 rings (SSSR count). The fourth-order valence-electron chi connectivity index (χ4n) is 0.671. The lowest BCUT2D eigenvalue weighted by molar-refractivity contribution is -0.141. The monoisotopic (exact) mass is 179 g/mol. The Bertz CT molecular complexity index is 251. The van der Waals surface area contributed by atoms with Gasteiger partial charge in [0.25, 0.3) is 0 Å². The van der Waals surface area contributed by atoms with Gasteiger partial charge in [-0.2, -0.15) is 13.2 Å². The van der Waals surface area contributed by atoms with Crippen molar-refractivity contribution in [1.82, 2.24) is 4.98 Å². The second kappa shape index (κ2) is 3.08. The number of aromatic nitrogens is 1. The molecule has 0 bridgehead atoms. The van der Waals surface area contributed by atoms with E-state index in [1.54, 1.807) is 0 Å². The van der Waals surface area contributed by atoms with Crippen molar-refractivity contribution in [2.45, 2.75) is 12.9 Å². The number of alkyl halides is 4. The summed E-state index contributed by atoms with van der Waals surface area (Å²) in [5, 5.41) is 0. The Morgan fingerprint density at radius 3 is 2.25 bits per heavy atom. The van der Waals surface area contributed by atoms with Crippen molar-refractivity contribution in [2.75, 3.05) is 0 Å². The topological polar surface area (TPSA) is 12.9 Å². The van der Waals surface area contributed by atoms with E-state index in [1.807, 2.05) is 0 Å². The van der Waals surface area contributed by atoms with Crippen LogP contribution in [0.2, 0.25) is 0 Å². The Labute approximate surface area is 66.0 Å². The molecule has 0 atom stereocenters. The van der Waals surface area contributed by atoms with Crippen LogP contribution in [0.1, 0.15) is 11.3 Å². The van der Waals surface area contributed by atoms with Gasteiger partial charge in [-0.25, -0.2) is 4.39 Å². The third-order valence-corrected chi connectivity index (χ3v) is 1.27. The van der Waals surface area contributed by atoms with Gasteiger partial charge in [-0.3, -0.25) is 4.98 Å². The minimum Gasteiger partial charge on any atom is -0.251 e. The van der Waals surface area contributed by atoms with Crippen LogP contribution < -0.4 is 0 Å². The van der Waals surface area contributed by atoms with Crippen molar-refractivity contribution in [3.8, 4) is 0 Å². The third kappa shape index (κ3) is 1.93. The van der Waals surface area contributed by atoms with Crippen LogP contribution in [0.3, 0.4) is 0 Å². The summed E-state index contributed by atoms with van der Waals surface area (Å²) in [4.78, 5) is 3.06. The van der Waals surface area contributed by atoms with Gasteiger partial charge in [0, 0.05) is 11.8 Å². The second-order valence-corrected chi connectivity index (χ2v) is 2.18. The van der Waals surface area contributed by atoms with E-state index in [0.717, 1.165) is 18.3 Å². The smallest absolute Gasteiger partial charge is 0.251 e. The van der Waals surface area contributed by atoms with Crippen LogP contribution in [0.5, 0.6) is 0 Å². The Hall–Kier alpha value is -1.13. The highest BCUT2D eigenvalue weighted by atomic mass is 19.4. The Morgan fingerprint density at radius 1 is 1.25 bits per heavy atom. The lowest BCUT2D eigenvalue weighted by atomic mass is 10.2. The van der Waals surface area contributed by atoms with Crippen LogP contribution in [-0.4, -0.2) is 4.98 Å². The molecule has 1 aromatic heterocycles. The molecule has 5 heteroatoms. The molecule has 0 unspecified atom stereocenters. The van der Waals surface area contributed by atoms with Crippen molar-refractivity contribution in [1.29, 1.82) is 0 Å². The molecule has 1 aromatic rings. The minimum atomic E-state index is -4.45. The van der Waals surface area contributed by atoms with Crippen LogP contribution in [0.4, 0.5) is 17.6 Å². The van der Waals surface area contributed by atoms with E-state index < -0.39 is 18.5 Å². The van der Waals surface area contributed by atoms with Gasteiger partial charge in [-0.1, -0.05) is 6.07 Å². The minimum absolute atomic E-state index is 0.142. The number of halogens is 4. The van der Waals surface area contributed by atoms with E-state index >= 15 is 0 Å². The first-order chi connectivity index (χ1) is 5.54. The van der Waals surface area contributed by atoms with E-state index in [1.165, 1.54) is 0 Å². The predicted octanol–water partition coefficient (Wildman–Crippen LogP) is 2.57. The molecule has 0 aliphatic carbocycles. The molecular formula is C7H5F4N. The fourth-order valence-corrected chi connectivity index (χ4v) is 0.671. The zero-order valence-electron chi connectivity index (χ0n) is 5.90. The summed E-state index contributed by atoms with van der Waals surface area (Å²) in [5.41, 5.74) is -0.859. The zero-order valence-corrected chi connectivity index (χ0v) is 5.90. The van der Waals surface area contributed by atoms with Gasteiger partial charge in [-0.05, 0) is 6.07 Å². The lowest BCUT2D eigenvalue weighted by Gasteiger charge is -2.04. The highest BCUT2D eigenvalue weighted by molar-refractivity contribution is 5.14. The van der Waals surface area contributed by atoms with Crippen LogP contribution in [-0.2, 0) is 12.9 Å². The molecule has 0 fully saturated rings. The Morgan fingerprint density at radius 2 is 1.92 bits per heavy atom. The van der Waals surface area contributed by atoms with Gasteiger partial charge in [0.15, 0.2) is 0 Å². The summed E-state index contributed by atoms with van der Waals surface area (Å²) in [5.74, 6) is 0. The number of rotatable bonds is 1. The average Bonchev–Trinajstić information content (AvgIpc) is 2.03. The molecule has 0 aromatic carbocycles. The molecule has 0 aliphatic rings. The molecule has 1 nitrogen and oxygen atoms in total. The maximum Gasteiger partial charge on any atom is 0.433 e. The van der Waals surface area contributed by atoms with Crippen molar-refractivity contribution >= 4 is 0 Å². The molecule has 66 valence electrons. The van der Waals surface area contributed by atoms with Gasteiger partial charge in [0.1, 0.15) is 12.4 Å². The van der Waals surface area contributed by atoms with Crippen LogP contribution in [0, 0.1) is 0 Å². The molecular weight excluding hydrogens is 174 g/mol. The molecule has 1 heterocycles. The van der Waals surface area contributed by atoms with Gasteiger partial charge in [0.05, 0.1) is 0 Å². The maximum absolute atomic E-state index is 11.9. The van der Waals surface area contributed by atoms with E-state index in [0.29, 0.717) is 0 Å². The first kappa shape index (κ1) is 8.96. The van der Waals surface area contributed by atoms with Crippen molar-refractivity contribution in [3.63, 3.8) is 0 Å². The summed E-state index contributed by atoms with van der Waals surface area (Å²) in [6.07, 6.45) is -3.57. The van der Waals surface area contributed by atoms with Crippen LogP contribution in [0.25, 0.3) is 0 Å². The summed E-state index contributed by atoms with van der Waals surface area (Å²) >= 11 is 0. The van der Waals surface area contributed by atoms with Crippen molar-refractivity contribution in [3.05, 3.63) is 29.6 Å². The first-order valence-electron chi connectivity index (χ1n) is 3.12. The van der Waals surface area contributed by atoms with E-state index in [2.05, 4.69) is 4.98 Å². The SMILES string of the molecule is FCc1ccc(C(F)(F)F)nc1. The quantitative estimate of drug-likeness (QED) is 0.603. The second-order valence-electron chi connectivity index (χ2n) is 2.18. The van der Waals surface area contributed by atoms with Crippen LogP contribution in [0.15, 0.2) is 18.3 Å². The number of pyridine rings is 1. The van der Waals surface area contributed by atoms with E-state index in [9.17, 15) is 17.6 Å². The molecule has 0 amide bonds. The molecule has 0 aliphatic heterocycles. The molecule has 12 heavy (non-hydrogen) atoms. The van der Waals surface area contributed by atoms with Gasteiger partial charge in [0.2, 0.25) is 0 Å². The van der Waals surface area contributed by atoms with Crippen LogP contribution >= 0.6 is 0 Å². The molecule has 0 N–H and O–H groups in total. The van der Waals surface area contributed by atoms with E-state index in [-0.39, 0.29) is 5.56 Å². The molecule has 0 radical (unpaired) electrons.